The summed E-state index contributed by atoms with van der Waals surface area (Å²) in [5, 5.41) is 29.7. The molecule has 27 rings (SSSR count). The number of nitrogens with zero attached hydrogens (tertiary/aromatic N) is 6. The van der Waals surface area contributed by atoms with Crippen molar-refractivity contribution in [2.75, 3.05) is 0 Å². The first kappa shape index (κ1) is 68.9. The number of fused-ring (bicyclic) bond motifs is 21. The lowest BCUT2D eigenvalue weighted by Crippen LogP contribution is -1.96. The first-order chi connectivity index (χ1) is 60.6. The van der Waals surface area contributed by atoms with Crippen molar-refractivity contribution in [2.45, 2.75) is 0 Å². The largest absolute Gasteiger partial charge is 0.317 e. The molecule has 0 N–H and O–H groups in total. The Bertz CT molecular complexity index is 8860. The number of hydrogen-bond acceptors (Lipinski definition) is 0. The second-order valence-corrected chi connectivity index (χ2v) is 32.2. The molecule has 0 aliphatic rings. The van der Waals surface area contributed by atoms with Crippen LogP contribution >= 0.6 is 0 Å². The van der Waals surface area contributed by atoms with Crippen LogP contribution in [0.3, 0.4) is 0 Å². The Labute approximate surface area is 701 Å². The number of benzene rings is 21. The summed E-state index contributed by atoms with van der Waals surface area (Å²) in [7, 11) is 0. The number of hydrogen-bond donors (Lipinski definition) is 0. The van der Waals surface area contributed by atoms with Crippen LogP contribution < -0.4 is 0 Å². The van der Waals surface area contributed by atoms with Gasteiger partial charge < -0.3 is 27.4 Å². The summed E-state index contributed by atoms with van der Waals surface area (Å²) >= 11 is 0. The topological polar surface area (TPSA) is 29.6 Å². The molecule has 0 bridgehead atoms. The molecule has 0 spiro atoms. The van der Waals surface area contributed by atoms with Gasteiger partial charge in [-0.2, -0.15) is 0 Å². The van der Waals surface area contributed by atoms with Crippen LogP contribution in [-0.4, -0.2) is 27.4 Å². The molecule has 6 aromatic heterocycles. The normalized spacial score (nSPS) is 11.9. The molecule has 0 saturated heterocycles. The van der Waals surface area contributed by atoms with Gasteiger partial charge in [0, 0.05) is 101 Å². The van der Waals surface area contributed by atoms with E-state index >= 15 is 0 Å². The minimum atomic E-state index is 1.16. The SMILES string of the molecule is c1ccc(-n2ccc3c4c5ccccc5n(-c5ccc(-c6cc7ccccc7c7ccccc67)cc5)c4ccc32)cc1.c1ccc(-n2ccc3c4c5ccccc5n(-c5ccc6ccc7cccc8ccc5c6c78)c4ccc32)cc1.c1ccc(-n2ccc3c4c5ccccc5n(-c5cccc(-c6cc7ccccc7c7ccccc67)c5)c4ccc32)cc1. The number of aromatic nitrogens is 6. The van der Waals surface area contributed by atoms with E-state index in [0.29, 0.717) is 0 Å². The number of para-hydroxylation sites is 6. The first-order valence-electron chi connectivity index (χ1n) is 42.0. The van der Waals surface area contributed by atoms with Crippen molar-refractivity contribution in [1.82, 2.24) is 27.4 Å². The second kappa shape index (κ2) is 27.7. The van der Waals surface area contributed by atoms with Crippen molar-refractivity contribution in [3.8, 4) is 56.4 Å². The minimum Gasteiger partial charge on any atom is -0.317 e. The molecule has 0 fully saturated rings. The molecular weight excluding hydrogens is 1480 g/mol. The number of rotatable bonds is 8. The van der Waals surface area contributed by atoms with Crippen LogP contribution in [0, 0.1) is 0 Å². The van der Waals surface area contributed by atoms with Gasteiger partial charge in [0.15, 0.2) is 0 Å². The summed E-state index contributed by atoms with van der Waals surface area (Å²) in [6, 6.07) is 157. The van der Waals surface area contributed by atoms with Crippen LogP contribution in [0.4, 0.5) is 0 Å². The van der Waals surface area contributed by atoms with Gasteiger partial charge in [-0.05, 0) is 244 Å². The average molecular weight is 1550 g/mol. The lowest BCUT2D eigenvalue weighted by molar-refractivity contribution is 1.13. The Balaban J connectivity index is 0.000000101. The van der Waals surface area contributed by atoms with Gasteiger partial charge in [0.2, 0.25) is 0 Å². The van der Waals surface area contributed by atoms with Crippen LogP contribution in [0.15, 0.2) is 449 Å². The predicted octanol–water partition coefficient (Wildman–Crippen LogP) is 31.0. The molecule has 6 nitrogen and oxygen atoms in total. The molecule has 0 radical (unpaired) electrons. The van der Waals surface area contributed by atoms with E-state index in [9.17, 15) is 0 Å². The van der Waals surface area contributed by atoms with Gasteiger partial charge >= 0.3 is 0 Å². The van der Waals surface area contributed by atoms with Crippen molar-refractivity contribution < 1.29 is 0 Å². The fourth-order valence-electron chi connectivity index (χ4n) is 20.4. The van der Waals surface area contributed by atoms with E-state index < -0.39 is 0 Å². The first-order valence-corrected chi connectivity index (χ1v) is 42.0. The van der Waals surface area contributed by atoms with Gasteiger partial charge in [-0.3, -0.25) is 0 Å². The third kappa shape index (κ3) is 10.7. The molecule has 568 valence electrons. The molecule has 6 heteroatoms. The Hall–Kier alpha value is -16.3. The third-order valence-corrected chi connectivity index (χ3v) is 25.8. The van der Waals surface area contributed by atoms with Gasteiger partial charge in [-0.15, -0.1) is 0 Å². The average Bonchev–Trinajstić information content (AvgIpc) is 1.51. The van der Waals surface area contributed by atoms with Crippen LogP contribution in [-0.2, 0) is 0 Å². The fourth-order valence-corrected chi connectivity index (χ4v) is 20.4. The molecule has 0 amide bonds. The highest BCUT2D eigenvalue weighted by Crippen LogP contribution is 2.47. The fraction of sp³-hybridized carbons (Fsp3) is 0. The highest BCUT2D eigenvalue weighted by Gasteiger charge is 2.24. The van der Waals surface area contributed by atoms with E-state index in [-0.39, 0.29) is 0 Å². The van der Waals surface area contributed by atoms with Gasteiger partial charge in [-0.1, -0.05) is 279 Å². The molecule has 0 aliphatic heterocycles. The van der Waals surface area contributed by atoms with Crippen LogP contribution in [0.2, 0.25) is 0 Å². The Morgan fingerprint density at radius 2 is 0.475 bits per heavy atom. The maximum absolute atomic E-state index is 2.47. The molecule has 0 aliphatic carbocycles. The third-order valence-electron chi connectivity index (χ3n) is 25.8. The maximum atomic E-state index is 2.47. The summed E-state index contributed by atoms with van der Waals surface area (Å²) in [5.41, 5.74) is 23.0. The Morgan fingerprint density at radius 3 is 0.959 bits per heavy atom. The maximum Gasteiger partial charge on any atom is 0.0548 e. The van der Waals surface area contributed by atoms with Gasteiger partial charge in [0.25, 0.3) is 0 Å². The highest BCUT2D eigenvalue weighted by atomic mass is 15.0. The smallest absolute Gasteiger partial charge is 0.0548 e. The van der Waals surface area contributed by atoms with E-state index in [1.165, 1.54) is 219 Å². The van der Waals surface area contributed by atoms with Crippen molar-refractivity contribution in [2.24, 2.45) is 0 Å². The molecule has 21 aromatic carbocycles. The molecule has 6 heterocycles. The molecule has 0 atom stereocenters. The van der Waals surface area contributed by atoms with Crippen molar-refractivity contribution in [3.63, 3.8) is 0 Å². The quantitative estimate of drug-likeness (QED) is 0.136. The Morgan fingerprint density at radius 1 is 0.139 bits per heavy atom. The molecule has 0 unspecified atom stereocenters. The van der Waals surface area contributed by atoms with Crippen molar-refractivity contribution in [1.29, 1.82) is 0 Å². The predicted molar refractivity (Wildman–Crippen MR) is 517 cm³/mol. The minimum absolute atomic E-state index is 1.16. The van der Waals surface area contributed by atoms with E-state index in [0.717, 1.165) is 11.4 Å². The summed E-state index contributed by atoms with van der Waals surface area (Å²) < 4.78 is 14.2. The monoisotopic (exact) mass is 1550 g/mol. The standard InChI is InChI=1S/2C40H26N2.C36H22N2/c1-2-13-29(14-3-1)41-24-23-35-37(41)21-22-39-40(35)34-19-8-9-20-38(34)42(39)30-15-10-12-27(25-30)36-26-28-11-4-5-16-31(28)32-17-6-7-18-33(32)36;1-2-11-29(12-3-1)41-25-24-35-37(41)22-23-39-40(35)34-16-8-9-17-38(34)42(39)30-20-18-27(19-21-30)36-26-28-10-4-5-13-31(28)32-14-6-7-15-33(32)36;1-2-9-26(10-3-1)37-22-21-29-30(37)19-20-33-36(29)27-11-4-5-12-31(27)38(33)32-18-16-25-14-13-23-7-6-8-24-15-17-28(32)35(25)34(23)24/h2*1-26H;1-22H. The Kier molecular flexibility index (Phi) is 15.6. The second-order valence-electron chi connectivity index (χ2n) is 32.2. The van der Waals surface area contributed by atoms with E-state index in [2.05, 4.69) is 477 Å². The van der Waals surface area contributed by atoms with Gasteiger partial charge in [-0.25, -0.2) is 0 Å². The zero-order valence-corrected chi connectivity index (χ0v) is 66.4. The van der Waals surface area contributed by atoms with Crippen molar-refractivity contribution in [3.05, 3.63) is 449 Å². The van der Waals surface area contributed by atoms with Crippen LogP contribution in [0.1, 0.15) is 0 Å². The van der Waals surface area contributed by atoms with Crippen molar-refractivity contribution >= 4 is 174 Å². The zero-order chi connectivity index (χ0) is 80.0. The summed E-state index contributed by atoms with van der Waals surface area (Å²) in [6.45, 7) is 0. The lowest BCUT2D eigenvalue weighted by Gasteiger charge is -2.16. The molecule has 122 heavy (non-hydrogen) atoms. The summed E-state index contributed by atoms with van der Waals surface area (Å²) in [5.74, 6) is 0. The van der Waals surface area contributed by atoms with E-state index in [1.807, 2.05) is 0 Å². The summed E-state index contributed by atoms with van der Waals surface area (Å²) in [4.78, 5) is 0. The van der Waals surface area contributed by atoms with E-state index in [1.54, 1.807) is 0 Å². The van der Waals surface area contributed by atoms with E-state index in [4.69, 9.17) is 0 Å². The molecular formula is C116H74N6. The lowest BCUT2D eigenvalue weighted by atomic mass is 9.93. The summed E-state index contributed by atoms with van der Waals surface area (Å²) in [6.07, 6.45) is 6.58. The van der Waals surface area contributed by atoms with Gasteiger partial charge in [0.05, 0.1) is 55.3 Å². The van der Waals surface area contributed by atoms with Crippen LogP contribution in [0.5, 0.6) is 0 Å². The van der Waals surface area contributed by atoms with Gasteiger partial charge in [0.1, 0.15) is 0 Å². The highest BCUT2D eigenvalue weighted by molar-refractivity contribution is 6.28. The molecule has 27 aromatic rings. The molecule has 0 saturated carbocycles. The zero-order valence-electron chi connectivity index (χ0n) is 66.4. The van der Waals surface area contributed by atoms with Crippen LogP contribution in [0.25, 0.3) is 230 Å².